The molecule has 0 saturated carbocycles. The number of ether oxygens (including phenoxy) is 1. The fraction of sp³-hybridized carbons (Fsp3) is 0.200. The van der Waals surface area contributed by atoms with Gasteiger partial charge in [-0.15, -0.1) is 0 Å². The highest BCUT2D eigenvalue weighted by Crippen LogP contribution is 2.23. The lowest BCUT2D eigenvalue weighted by atomic mass is 10.00. The Morgan fingerprint density at radius 2 is 1.63 bits per heavy atom. The van der Waals surface area contributed by atoms with Crippen LogP contribution in [0.3, 0.4) is 0 Å². The van der Waals surface area contributed by atoms with Gasteiger partial charge in [0.25, 0.3) is 0 Å². The molecule has 0 atom stereocenters. The van der Waals surface area contributed by atoms with Gasteiger partial charge in [0.2, 0.25) is 11.7 Å². The molecule has 0 amide bonds. The molecule has 0 saturated heterocycles. The second-order valence-corrected chi connectivity index (χ2v) is 7.54. The summed E-state index contributed by atoms with van der Waals surface area (Å²) in [7, 11) is 0. The Hall–Kier alpha value is -3.44. The van der Waals surface area contributed by atoms with E-state index >= 15 is 0 Å². The number of fused-ring (bicyclic) bond motifs is 1. The maximum Gasteiger partial charge on any atom is 0.241 e. The van der Waals surface area contributed by atoms with Crippen LogP contribution in [0.25, 0.3) is 11.4 Å². The van der Waals surface area contributed by atoms with Gasteiger partial charge in [-0.25, -0.2) is 0 Å². The highest BCUT2D eigenvalue weighted by molar-refractivity contribution is 5.55. The molecule has 5 heteroatoms. The maximum absolute atomic E-state index is 5.85. The Morgan fingerprint density at radius 1 is 0.867 bits per heavy atom. The fourth-order valence-corrected chi connectivity index (χ4v) is 3.76. The van der Waals surface area contributed by atoms with E-state index in [0.29, 0.717) is 24.9 Å². The third-order valence-corrected chi connectivity index (χ3v) is 5.40. The zero-order chi connectivity index (χ0) is 20.2. The molecule has 150 valence electrons. The van der Waals surface area contributed by atoms with E-state index in [1.807, 2.05) is 42.5 Å². The lowest BCUT2D eigenvalue weighted by Crippen LogP contribution is -2.30. The van der Waals surface area contributed by atoms with E-state index in [9.17, 15) is 0 Å². The Morgan fingerprint density at radius 3 is 2.47 bits per heavy atom. The minimum atomic E-state index is 0.547. The lowest BCUT2D eigenvalue weighted by molar-refractivity contribution is 0.210. The predicted octanol–water partition coefficient (Wildman–Crippen LogP) is 4.87. The van der Waals surface area contributed by atoms with Gasteiger partial charge < -0.3 is 9.26 Å². The number of benzene rings is 3. The largest absolute Gasteiger partial charge is 0.489 e. The van der Waals surface area contributed by atoms with Gasteiger partial charge in [0, 0.05) is 18.7 Å². The van der Waals surface area contributed by atoms with Crippen LogP contribution in [0, 0.1) is 0 Å². The Kier molecular flexibility index (Phi) is 5.27. The molecule has 30 heavy (non-hydrogen) atoms. The van der Waals surface area contributed by atoms with E-state index < -0.39 is 0 Å². The van der Waals surface area contributed by atoms with Crippen LogP contribution in [0.15, 0.2) is 83.4 Å². The first-order valence-corrected chi connectivity index (χ1v) is 10.2. The Labute approximate surface area is 175 Å². The van der Waals surface area contributed by atoms with Crippen molar-refractivity contribution < 1.29 is 9.26 Å². The molecule has 4 aromatic rings. The van der Waals surface area contributed by atoms with E-state index in [0.717, 1.165) is 36.4 Å². The number of hydrogen-bond donors (Lipinski definition) is 0. The highest BCUT2D eigenvalue weighted by atomic mass is 16.5. The van der Waals surface area contributed by atoms with Gasteiger partial charge in [-0.2, -0.15) is 4.98 Å². The van der Waals surface area contributed by atoms with Crippen molar-refractivity contribution >= 4 is 0 Å². The summed E-state index contributed by atoms with van der Waals surface area (Å²) in [4.78, 5) is 6.94. The van der Waals surface area contributed by atoms with Crippen molar-refractivity contribution in [3.8, 4) is 17.1 Å². The topological polar surface area (TPSA) is 51.4 Å². The smallest absolute Gasteiger partial charge is 0.241 e. The average Bonchev–Trinajstić information content (AvgIpc) is 3.27. The second-order valence-electron chi connectivity index (χ2n) is 7.54. The standard InChI is InChI=1S/C25H23N3O2/c1-2-6-19(7-3-1)18-29-23-12-10-21(11-13-23)25-26-24(30-27-25)17-28-15-14-20-8-4-5-9-22(20)16-28/h1-13H,14-18H2. The molecule has 2 heterocycles. The second kappa shape index (κ2) is 8.51. The number of rotatable bonds is 6. The van der Waals surface area contributed by atoms with Gasteiger partial charge in [-0.05, 0) is 47.4 Å². The molecule has 1 aromatic heterocycles. The quantitative estimate of drug-likeness (QED) is 0.464. The molecule has 0 spiro atoms. The van der Waals surface area contributed by atoms with Crippen LogP contribution >= 0.6 is 0 Å². The van der Waals surface area contributed by atoms with Gasteiger partial charge in [0.15, 0.2) is 0 Å². The van der Waals surface area contributed by atoms with E-state index in [1.165, 1.54) is 11.1 Å². The summed E-state index contributed by atoms with van der Waals surface area (Å²) in [6.07, 6.45) is 1.06. The third-order valence-electron chi connectivity index (χ3n) is 5.40. The summed E-state index contributed by atoms with van der Waals surface area (Å²) < 4.78 is 11.4. The van der Waals surface area contributed by atoms with Crippen LogP contribution in [0.1, 0.15) is 22.6 Å². The number of hydrogen-bond acceptors (Lipinski definition) is 5. The summed E-state index contributed by atoms with van der Waals surface area (Å²) >= 11 is 0. The first-order valence-electron chi connectivity index (χ1n) is 10.2. The molecule has 0 N–H and O–H groups in total. The van der Waals surface area contributed by atoms with E-state index in [4.69, 9.17) is 9.26 Å². The average molecular weight is 397 g/mol. The molecule has 0 fully saturated rings. The molecule has 0 unspecified atom stereocenters. The molecular weight excluding hydrogens is 374 g/mol. The minimum Gasteiger partial charge on any atom is -0.489 e. The highest BCUT2D eigenvalue weighted by Gasteiger charge is 2.18. The molecule has 5 nitrogen and oxygen atoms in total. The van der Waals surface area contributed by atoms with Crippen LogP contribution < -0.4 is 4.74 Å². The maximum atomic E-state index is 5.85. The molecule has 3 aromatic carbocycles. The van der Waals surface area contributed by atoms with Crippen molar-refractivity contribution in [1.82, 2.24) is 15.0 Å². The van der Waals surface area contributed by atoms with Gasteiger partial charge >= 0.3 is 0 Å². The van der Waals surface area contributed by atoms with E-state index in [-0.39, 0.29) is 0 Å². The van der Waals surface area contributed by atoms with Crippen molar-refractivity contribution in [3.05, 3.63) is 101 Å². The lowest BCUT2D eigenvalue weighted by Gasteiger charge is -2.27. The SMILES string of the molecule is c1ccc(COc2ccc(-c3noc(CN4CCc5ccccc5C4)n3)cc2)cc1. The zero-order valence-electron chi connectivity index (χ0n) is 16.7. The van der Waals surface area contributed by atoms with Gasteiger partial charge in [0.1, 0.15) is 12.4 Å². The molecule has 1 aliphatic heterocycles. The van der Waals surface area contributed by atoms with Crippen molar-refractivity contribution in [1.29, 1.82) is 0 Å². The molecular formula is C25H23N3O2. The monoisotopic (exact) mass is 397 g/mol. The summed E-state index contributed by atoms with van der Waals surface area (Å²) in [5.41, 5.74) is 4.88. The first-order chi connectivity index (χ1) is 14.8. The molecule has 0 radical (unpaired) electrons. The van der Waals surface area contributed by atoms with Crippen molar-refractivity contribution in [3.63, 3.8) is 0 Å². The van der Waals surface area contributed by atoms with E-state index in [2.05, 4.69) is 51.4 Å². The normalized spacial score (nSPS) is 13.7. The Bertz CT molecular complexity index is 1110. The van der Waals surface area contributed by atoms with Crippen LogP contribution in [0.5, 0.6) is 5.75 Å². The predicted molar refractivity (Wildman–Crippen MR) is 115 cm³/mol. The minimum absolute atomic E-state index is 0.547. The number of aromatic nitrogens is 2. The third kappa shape index (κ3) is 4.26. The van der Waals surface area contributed by atoms with Crippen LogP contribution in [-0.2, 0) is 26.1 Å². The first kappa shape index (κ1) is 18.6. The van der Waals surface area contributed by atoms with Crippen molar-refractivity contribution in [2.45, 2.75) is 26.1 Å². The molecule has 0 bridgehead atoms. The Balaban J connectivity index is 1.20. The van der Waals surface area contributed by atoms with Crippen LogP contribution in [-0.4, -0.2) is 21.6 Å². The molecule has 0 aliphatic carbocycles. The summed E-state index contributed by atoms with van der Waals surface area (Å²) in [5, 5.41) is 4.17. The zero-order valence-corrected chi connectivity index (χ0v) is 16.7. The van der Waals surface area contributed by atoms with Crippen molar-refractivity contribution in [2.24, 2.45) is 0 Å². The number of nitrogens with zero attached hydrogens (tertiary/aromatic N) is 3. The molecule has 1 aliphatic rings. The summed E-state index contributed by atoms with van der Waals surface area (Å²) in [5.74, 6) is 2.07. The van der Waals surface area contributed by atoms with Gasteiger partial charge in [-0.3, -0.25) is 4.90 Å². The van der Waals surface area contributed by atoms with Gasteiger partial charge in [-0.1, -0.05) is 59.8 Å². The summed E-state index contributed by atoms with van der Waals surface area (Å²) in [6, 6.07) is 26.6. The fourth-order valence-electron chi connectivity index (χ4n) is 3.76. The van der Waals surface area contributed by atoms with E-state index in [1.54, 1.807) is 0 Å². The van der Waals surface area contributed by atoms with Crippen LogP contribution in [0.4, 0.5) is 0 Å². The van der Waals surface area contributed by atoms with Crippen molar-refractivity contribution in [2.75, 3.05) is 6.54 Å². The van der Waals surface area contributed by atoms with Gasteiger partial charge in [0.05, 0.1) is 6.54 Å². The molecule has 5 rings (SSSR count). The van der Waals surface area contributed by atoms with Crippen LogP contribution in [0.2, 0.25) is 0 Å². The summed E-state index contributed by atoms with van der Waals surface area (Å²) in [6.45, 7) is 3.13.